The number of ketones is 1. The van der Waals surface area contributed by atoms with Crippen molar-refractivity contribution in [2.24, 2.45) is 0 Å². The molecule has 0 N–H and O–H groups in total. The van der Waals surface area contributed by atoms with Gasteiger partial charge in [-0.1, -0.05) is 68.3 Å². The average Bonchev–Trinajstić information content (AvgIpc) is 2.65. The van der Waals surface area contributed by atoms with Gasteiger partial charge in [-0.15, -0.1) is 0 Å². The normalized spacial score (nSPS) is 12.2. The maximum Gasteiger partial charge on any atom is 0.340 e. The van der Waals surface area contributed by atoms with E-state index in [2.05, 4.69) is 13.0 Å². The van der Waals surface area contributed by atoms with Crippen molar-refractivity contribution in [1.29, 1.82) is 0 Å². The van der Waals surface area contributed by atoms with E-state index in [9.17, 15) is 9.59 Å². The second kappa shape index (κ2) is 8.13. The summed E-state index contributed by atoms with van der Waals surface area (Å²) in [5.41, 5.74) is 0.542. The summed E-state index contributed by atoms with van der Waals surface area (Å²) in [5.74, 6) is -0.520. The average molecular weight is 348 g/mol. The molecule has 0 amide bonds. The van der Waals surface area contributed by atoms with Crippen molar-refractivity contribution >= 4 is 33.3 Å². The SMILES string of the molecule is CCCCCC(OC(=O)c1c2ccccc2cc2ccccc12)C(C)=O. The highest BCUT2D eigenvalue weighted by atomic mass is 16.5. The molecule has 0 saturated heterocycles. The molecular formula is C23H24O3. The zero-order valence-corrected chi connectivity index (χ0v) is 15.3. The minimum Gasteiger partial charge on any atom is -0.451 e. The molecule has 3 aromatic carbocycles. The predicted octanol–water partition coefficient (Wildman–Crippen LogP) is 5.69. The largest absolute Gasteiger partial charge is 0.451 e. The monoisotopic (exact) mass is 348 g/mol. The number of fused-ring (bicyclic) bond motifs is 2. The summed E-state index contributed by atoms with van der Waals surface area (Å²) in [6.07, 6.45) is 2.87. The predicted molar refractivity (Wildman–Crippen MR) is 105 cm³/mol. The fraction of sp³-hybridized carbons (Fsp3) is 0.304. The first-order valence-corrected chi connectivity index (χ1v) is 9.23. The van der Waals surface area contributed by atoms with Crippen LogP contribution < -0.4 is 0 Å². The fourth-order valence-electron chi connectivity index (χ4n) is 3.35. The van der Waals surface area contributed by atoms with Gasteiger partial charge in [0.15, 0.2) is 11.9 Å². The fourth-order valence-corrected chi connectivity index (χ4v) is 3.35. The van der Waals surface area contributed by atoms with E-state index in [0.29, 0.717) is 12.0 Å². The van der Waals surface area contributed by atoms with Crippen molar-refractivity contribution in [3.05, 3.63) is 60.2 Å². The Morgan fingerprint density at radius 3 is 2.04 bits per heavy atom. The van der Waals surface area contributed by atoms with Crippen LogP contribution in [0.25, 0.3) is 21.5 Å². The van der Waals surface area contributed by atoms with E-state index in [4.69, 9.17) is 4.74 Å². The Labute approximate surface area is 154 Å². The molecule has 1 unspecified atom stereocenters. The summed E-state index contributed by atoms with van der Waals surface area (Å²) < 4.78 is 5.67. The summed E-state index contributed by atoms with van der Waals surface area (Å²) in [6.45, 7) is 3.60. The number of carbonyl (C=O) groups is 2. The van der Waals surface area contributed by atoms with Gasteiger partial charge in [0.05, 0.1) is 5.56 Å². The summed E-state index contributed by atoms with van der Waals surface area (Å²) in [5, 5.41) is 3.69. The lowest BCUT2D eigenvalue weighted by Crippen LogP contribution is -2.25. The second-order valence-electron chi connectivity index (χ2n) is 6.69. The van der Waals surface area contributed by atoms with Gasteiger partial charge in [0.25, 0.3) is 0 Å². The molecule has 0 radical (unpaired) electrons. The molecule has 0 heterocycles. The lowest BCUT2D eigenvalue weighted by molar-refractivity contribution is -0.125. The van der Waals surface area contributed by atoms with Gasteiger partial charge in [0.1, 0.15) is 0 Å². The maximum atomic E-state index is 13.0. The van der Waals surface area contributed by atoms with E-state index in [1.165, 1.54) is 6.92 Å². The van der Waals surface area contributed by atoms with Crippen LogP contribution in [0.1, 0.15) is 49.9 Å². The Morgan fingerprint density at radius 2 is 1.50 bits per heavy atom. The van der Waals surface area contributed by atoms with Crippen LogP contribution in [-0.2, 0) is 9.53 Å². The Morgan fingerprint density at radius 1 is 0.923 bits per heavy atom. The van der Waals surface area contributed by atoms with Crippen LogP contribution in [0.3, 0.4) is 0 Å². The van der Waals surface area contributed by atoms with E-state index in [1.54, 1.807) is 0 Å². The standard InChI is InChI=1S/C23H24O3/c1-3-4-5-14-21(16(2)24)26-23(25)22-19-12-8-6-10-17(19)15-18-11-7-9-13-20(18)22/h6-13,15,21H,3-5,14H2,1-2H3. The zero-order valence-electron chi connectivity index (χ0n) is 15.3. The third-order valence-electron chi connectivity index (χ3n) is 4.75. The number of hydrogen-bond acceptors (Lipinski definition) is 3. The molecule has 3 heteroatoms. The first-order chi connectivity index (χ1) is 12.6. The molecule has 0 fully saturated rings. The number of hydrogen-bond donors (Lipinski definition) is 0. The number of esters is 1. The van der Waals surface area contributed by atoms with Crippen LogP contribution in [0.4, 0.5) is 0 Å². The Hall–Kier alpha value is -2.68. The molecule has 0 aliphatic rings. The minimum atomic E-state index is -0.674. The number of unbranched alkanes of at least 4 members (excludes halogenated alkanes) is 2. The molecule has 0 saturated carbocycles. The third kappa shape index (κ3) is 3.77. The van der Waals surface area contributed by atoms with Crippen LogP contribution in [-0.4, -0.2) is 17.9 Å². The molecule has 0 spiro atoms. The van der Waals surface area contributed by atoms with Gasteiger partial charge in [-0.25, -0.2) is 4.79 Å². The van der Waals surface area contributed by atoms with E-state index in [1.807, 2.05) is 48.5 Å². The molecule has 134 valence electrons. The van der Waals surface area contributed by atoms with Crippen molar-refractivity contribution in [2.75, 3.05) is 0 Å². The minimum absolute atomic E-state index is 0.0982. The zero-order chi connectivity index (χ0) is 18.5. The summed E-state index contributed by atoms with van der Waals surface area (Å²) >= 11 is 0. The summed E-state index contributed by atoms with van der Waals surface area (Å²) in [7, 11) is 0. The smallest absolute Gasteiger partial charge is 0.340 e. The van der Waals surface area contributed by atoms with E-state index >= 15 is 0 Å². The number of benzene rings is 3. The highest BCUT2D eigenvalue weighted by molar-refractivity contribution is 6.16. The topological polar surface area (TPSA) is 43.4 Å². The Balaban J connectivity index is 2.01. The van der Waals surface area contributed by atoms with Crippen molar-refractivity contribution in [3.63, 3.8) is 0 Å². The molecule has 3 aromatic rings. The molecule has 3 rings (SSSR count). The number of rotatable bonds is 7. The first kappa shape index (κ1) is 18.1. The number of Topliss-reactive ketones (excluding diaryl/α,β-unsaturated/α-hetero) is 1. The van der Waals surface area contributed by atoms with Gasteiger partial charge in [-0.2, -0.15) is 0 Å². The van der Waals surface area contributed by atoms with Gasteiger partial charge in [0.2, 0.25) is 0 Å². The highest BCUT2D eigenvalue weighted by Gasteiger charge is 2.23. The van der Waals surface area contributed by atoms with Crippen molar-refractivity contribution in [3.8, 4) is 0 Å². The van der Waals surface area contributed by atoms with Crippen LogP contribution >= 0.6 is 0 Å². The van der Waals surface area contributed by atoms with Gasteiger partial charge in [-0.05, 0) is 47.4 Å². The lowest BCUT2D eigenvalue weighted by Gasteiger charge is -2.17. The number of ether oxygens (including phenoxy) is 1. The highest BCUT2D eigenvalue weighted by Crippen LogP contribution is 2.29. The van der Waals surface area contributed by atoms with Gasteiger partial charge in [-0.3, -0.25) is 4.79 Å². The van der Waals surface area contributed by atoms with Crippen molar-refractivity contribution < 1.29 is 14.3 Å². The molecule has 0 aliphatic heterocycles. The molecule has 1 atom stereocenters. The molecule has 0 aromatic heterocycles. The summed E-state index contributed by atoms with van der Waals surface area (Å²) in [4.78, 5) is 25.0. The quantitative estimate of drug-likeness (QED) is 0.313. The van der Waals surface area contributed by atoms with Crippen LogP contribution in [0.15, 0.2) is 54.6 Å². The molecular weight excluding hydrogens is 324 g/mol. The van der Waals surface area contributed by atoms with E-state index in [0.717, 1.165) is 40.8 Å². The summed E-state index contributed by atoms with van der Waals surface area (Å²) in [6, 6.07) is 17.6. The Kier molecular flexibility index (Phi) is 5.67. The molecule has 0 bridgehead atoms. The third-order valence-corrected chi connectivity index (χ3v) is 4.75. The van der Waals surface area contributed by atoms with Gasteiger partial charge < -0.3 is 4.74 Å². The van der Waals surface area contributed by atoms with Crippen LogP contribution in [0.2, 0.25) is 0 Å². The van der Waals surface area contributed by atoms with Crippen molar-refractivity contribution in [2.45, 2.75) is 45.6 Å². The van der Waals surface area contributed by atoms with E-state index in [-0.39, 0.29) is 5.78 Å². The van der Waals surface area contributed by atoms with Crippen LogP contribution in [0.5, 0.6) is 0 Å². The van der Waals surface area contributed by atoms with E-state index < -0.39 is 12.1 Å². The first-order valence-electron chi connectivity index (χ1n) is 9.23. The number of carbonyl (C=O) groups excluding carboxylic acids is 2. The van der Waals surface area contributed by atoms with Gasteiger partial charge in [0, 0.05) is 0 Å². The molecule has 3 nitrogen and oxygen atoms in total. The maximum absolute atomic E-state index is 13.0. The second-order valence-corrected chi connectivity index (χ2v) is 6.69. The van der Waals surface area contributed by atoms with Gasteiger partial charge >= 0.3 is 5.97 Å². The van der Waals surface area contributed by atoms with Crippen molar-refractivity contribution in [1.82, 2.24) is 0 Å². The Bertz CT molecular complexity index is 888. The van der Waals surface area contributed by atoms with Crippen LogP contribution in [0, 0.1) is 0 Å². The molecule has 26 heavy (non-hydrogen) atoms. The molecule has 0 aliphatic carbocycles. The lowest BCUT2D eigenvalue weighted by atomic mass is 9.97.